The number of likely N-dealkylation sites (tertiary alicyclic amines) is 1. The highest BCUT2D eigenvalue weighted by Crippen LogP contribution is 2.18. The number of methoxy groups -OCH3 is 1. The molecule has 1 heterocycles. The van der Waals surface area contributed by atoms with E-state index in [-0.39, 0.29) is 17.8 Å². The van der Waals surface area contributed by atoms with Gasteiger partial charge < -0.3 is 9.64 Å². The fourth-order valence-corrected chi connectivity index (χ4v) is 2.46. The fraction of sp³-hybridized carbons (Fsp3) is 0.467. The topological polar surface area (TPSA) is 46.6 Å². The standard InChI is InChI=1S/C15H19NO3/c1-11(17)13-7-3-4-8-14(13)15(18)16-9-5-6-12(10-16)19-2/h3-4,7-8,12H,5-6,9-10H2,1-2H3/t12-/m0/s1. The van der Waals surface area contributed by atoms with Gasteiger partial charge in [-0.25, -0.2) is 0 Å². The Kier molecular flexibility index (Phi) is 4.32. The van der Waals surface area contributed by atoms with Crippen molar-refractivity contribution in [3.05, 3.63) is 35.4 Å². The highest BCUT2D eigenvalue weighted by molar-refractivity contribution is 6.07. The van der Waals surface area contributed by atoms with E-state index in [1.165, 1.54) is 6.92 Å². The summed E-state index contributed by atoms with van der Waals surface area (Å²) in [5.74, 6) is -0.156. The number of carbonyl (C=O) groups is 2. The van der Waals surface area contributed by atoms with Gasteiger partial charge in [0.05, 0.1) is 11.7 Å². The van der Waals surface area contributed by atoms with Gasteiger partial charge in [-0.05, 0) is 25.8 Å². The number of nitrogens with zero attached hydrogens (tertiary/aromatic N) is 1. The number of Topliss-reactive ketones (excluding diaryl/α,β-unsaturated/α-hetero) is 1. The van der Waals surface area contributed by atoms with E-state index in [4.69, 9.17) is 4.74 Å². The molecular weight excluding hydrogens is 242 g/mol. The number of hydrogen-bond donors (Lipinski definition) is 0. The molecule has 0 N–H and O–H groups in total. The van der Waals surface area contributed by atoms with Crippen LogP contribution in [0.15, 0.2) is 24.3 Å². The fourth-order valence-electron chi connectivity index (χ4n) is 2.46. The third-order valence-electron chi connectivity index (χ3n) is 3.54. The number of benzene rings is 1. The Labute approximate surface area is 113 Å². The van der Waals surface area contributed by atoms with Crippen LogP contribution < -0.4 is 0 Å². The van der Waals surface area contributed by atoms with Crippen LogP contribution in [0.1, 0.15) is 40.5 Å². The minimum absolute atomic E-state index is 0.0763. The molecule has 4 heteroatoms. The van der Waals surface area contributed by atoms with Crippen molar-refractivity contribution in [2.75, 3.05) is 20.2 Å². The lowest BCUT2D eigenvalue weighted by atomic mass is 10.0. The minimum Gasteiger partial charge on any atom is -0.380 e. The maximum absolute atomic E-state index is 12.5. The van der Waals surface area contributed by atoms with Crippen molar-refractivity contribution in [2.45, 2.75) is 25.9 Å². The van der Waals surface area contributed by atoms with E-state index in [9.17, 15) is 9.59 Å². The molecule has 1 amide bonds. The zero-order chi connectivity index (χ0) is 13.8. The smallest absolute Gasteiger partial charge is 0.254 e. The van der Waals surface area contributed by atoms with Gasteiger partial charge in [0.2, 0.25) is 0 Å². The average Bonchev–Trinajstić information content (AvgIpc) is 2.46. The normalized spacial score (nSPS) is 19.3. The van der Waals surface area contributed by atoms with Crippen LogP contribution in [0.5, 0.6) is 0 Å². The van der Waals surface area contributed by atoms with E-state index in [0.29, 0.717) is 17.7 Å². The molecule has 1 saturated heterocycles. The second-order valence-electron chi connectivity index (χ2n) is 4.85. The Hall–Kier alpha value is -1.68. The SMILES string of the molecule is CO[C@H]1CCCN(C(=O)c2ccccc2C(C)=O)C1. The lowest BCUT2D eigenvalue weighted by molar-refractivity contribution is 0.0268. The van der Waals surface area contributed by atoms with E-state index in [1.54, 1.807) is 36.3 Å². The van der Waals surface area contributed by atoms with Crippen molar-refractivity contribution >= 4 is 11.7 Å². The zero-order valence-corrected chi connectivity index (χ0v) is 11.4. The molecule has 0 bridgehead atoms. The Morgan fingerprint density at radius 3 is 2.58 bits per heavy atom. The molecule has 1 atom stereocenters. The summed E-state index contributed by atoms with van der Waals surface area (Å²) in [6, 6.07) is 6.99. The highest BCUT2D eigenvalue weighted by Gasteiger charge is 2.26. The molecule has 1 aliphatic rings. The largest absolute Gasteiger partial charge is 0.380 e. The molecule has 1 aromatic carbocycles. The molecule has 0 aromatic heterocycles. The van der Waals surface area contributed by atoms with E-state index in [2.05, 4.69) is 0 Å². The Morgan fingerprint density at radius 2 is 1.95 bits per heavy atom. The molecule has 0 aliphatic carbocycles. The van der Waals surface area contributed by atoms with Crippen molar-refractivity contribution in [3.63, 3.8) is 0 Å². The van der Waals surface area contributed by atoms with Crippen LogP contribution in [0.2, 0.25) is 0 Å². The number of piperidine rings is 1. The third-order valence-corrected chi connectivity index (χ3v) is 3.54. The number of carbonyl (C=O) groups excluding carboxylic acids is 2. The summed E-state index contributed by atoms with van der Waals surface area (Å²) in [5, 5.41) is 0. The molecule has 0 saturated carbocycles. The van der Waals surface area contributed by atoms with Crippen LogP contribution in [0.25, 0.3) is 0 Å². The molecule has 0 spiro atoms. The highest BCUT2D eigenvalue weighted by atomic mass is 16.5. The number of ketones is 1. The van der Waals surface area contributed by atoms with Crippen LogP contribution in [0.4, 0.5) is 0 Å². The van der Waals surface area contributed by atoms with Gasteiger partial charge in [0.15, 0.2) is 5.78 Å². The van der Waals surface area contributed by atoms with E-state index in [0.717, 1.165) is 19.4 Å². The predicted octanol–water partition coefficient (Wildman–Crippen LogP) is 2.14. The Balaban J connectivity index is 2.22. The first-order chi connectivity index (χ1) is 9.13. The van der Waals surface area contributed by atoms with Gasteiger partial charge >= 0.3 is 0 Å². The van der Waals surface area contributed by atoms with Crippen LogP contribution in [0, 0.1) is 0 Å². The van der Waals surface area contributed by atoms with Crippen molar-refractivity contribution in [3.8, 4) is 0 Å². The summed E-state index contributed by atoms with van der Waals surface area (Å²) in [6.45, 7) is 2.81. The molecule has 0 radical (unpaired) electrons. The maximum Gasteiger partial charge on any atom is 0.254 e. The van der Waals surface area contributed by atoms with Crippen molar-refractivity contribution in [1.82, 2.24) is 4.90 Å². The van der Waals surface area contributed by atoms with Crippen molar-refractivity contribution in [1.29, 1.82) is 0 Å². The van der Waals surface area contributed by atoms with Crippen LogP contribution >= 0.6 is 0 Å². The molecule has 4 nitrogen and oxygen atoms in total. The van der Waals surface area contributed by atoms with Gasteiger partial charge in [-0.1, -0.05) is 18.2 Å². The van der Waals surface area contributed by atoms with Crippen molar-refractivity contribution in [2.24, 2.45) is 0 Å². The summed E-state index contributed by atoms with van der Waals surface area (Å²) in [4.78, 5) is 25.9. The number of amides is 1. The first-order valence-corrected chi connectivity index (χ1v) is 6.55. The van der Waals surface area contributed by atoms with Gasteiger partial charge in [0, 0.05) is 25.8 Å². The first kappa shape index (κ1) is 13.7. The van der Waals surface area contributed by atoms with Gasteiger partial charge in [0.1, 0.15) is 0 Å². The second kappa shape index (κ2) is 5.97. The summed E-state index contributed by atoms with van der Waals surface area (Å²) in [5.41, 5.74) is 0.985. The van der Waals surface area contributed by atoms with E-state index < -0.39 is 0 Å². The second-order valence-corrected chi connectivity index (χ2v) is 4.85. The minimum atomic E-state index is -0.0794. The van der Waals surface area contributed by atoms with Gasteiger partial charge in [-0.15, -0.1) is 0 Å². The van der Waals surface area contributed by atoms with E-state index >= 15 is 0 Å². The number of hydrogen-bond acceptors (Lipinski definition) is 3. The van der Waals surface area contributed by atoms with Crippen LogP contribution in [0.3, 0.4) is 0 Å². The van der Waals surface area contributed by atoms with Crippen molar-refractivity contribution < 1.29 is 14.3 Å². The van der Waals surface area contributed by atoms with Gasteiger partial charge in [-0.2, -0.15) is 0 Å². The summed E-state index contributed by atoms with van der Waals surface area (Å²) < 4.78 is 5.32. The lowest BCUT2D eigenvalue weighted by Gasteiger charge is -2.32. The van der Waals surface area contributed by atoms with E-state index in [1.807, 2.05) is 0 Å². The maximum atomic E-state index is 12.5. The molecule has 2 rings (SSSR count). The monoisotopic (exact) mass is 261 g/mol. The van der Waals surface area contributed by atoms with Gasteiger partial charge in [-0.3, -0.25) is 9.59 Å². The Morgan fingerprint density at radius 1 is 1.26 bits per heavy atom. The average molecular weight is 261 g/mol. The summed E-state index contributed by atoms with van der Waals surface area (Å²) in [6.07, 6.45) is 2.02. The molecular formula is C15H19NO3. The lowest BCUT2D eigenvalue weighted by Crippen LogP contribution is -2.43. The quantitative estimate of drug-likeness (QED) is 0.783. The zero-order valence-electron chi connectivity index (χ0n) is 11.4. The molecule has 1 fully saturated rings. The molecule has 1 aromatic rings. The van der Waals surface area contributed by atoms with Crippen LogP contribution in [-0.2, 0) is 4.74 Å². The molecule has 19 heavy (non-hydrogen) atoms. The Bertz CT molecular complexity index is 484. The summed E-state index contributed by atoms with van der Waals surface area (Å²) >= 11 is 0. The first-order valence-electron chi connectivity index (χ1n) is 6.55. The number of ether oxygens (including phenoxy) is 1. The molecule has 0 unspecified atom stereocenters. The molecule has 1 aliphatic heterocycles. The van der Waals surface area contributed by atoms with Crippen LogP contribution in [-0.4, -0.2) is 42.9 Å². The summed E-state index contributed by atoms with van der Waals surface area (Å²) in [7, 11) is 1.67. The van der Waals surface area contributed by atoms with Gasteiger partial charge in [0.25, 0.3) is 5.91 Å². The molecule has 102 valence electrons. The predicted molar refractivity (Wildman–Crippen MR) is 72.4 cm³/mol. The number of rotatable bonds is 3. The third kappa shape index (κ3) is 3.01.